The molecule has 7 nitrogen and oxygen atoms in total. The number of aromatic nitrogens is 1. The molecule has 2 N–H and O–H groups in total. The summed E-state index contributed by atoms with van der Waals surface area (Å²) in [5, 5.41) is 15.7. The van der Waals surface area contributed by atoms with Crippen LogP contribution in [0.5, 0.6) is 0 Å². The number of rotatable bonds is 4. The number of carbonyl (C=O) groups excluding carboxylic acids is 1. The molecule has 1 heterocycles. The molecule has 1 aromatic rings. The highest BCUT2D eigenvalue weighted by Crippen LogP contribution is 2.28. The molecule has 1 aliphatic carbocycles. The van der Waals surface area contributed by atoms with Crippen LogP contribution in [0.15, 0.2) is 6.20 Å². The van der Waals surface area contributed by atoms with Gasteiger partial charge < -0.3 is 5.32 Å². The lowest BCUT2D eigenvalue weighted by atomic mass is 10.4. The molecule has 0 spiro atoms. The van der Waals surface area contributed by atoms with Crippen molar-refractivity contribution in [3.63, 3.8) is 0 Å². The second-order valence-electron chi connectivity index (χ2n) is 3.54. The summed E-state index contributed by atoms with van der Waals surface area (Å²) < 4.78 is 0. The Morgan fingerprint density at radius 2 is 2.44 bits per heavy atom. The molecular formula is C8H10N4O3S. The fourth-order valence-corrected chi connectivity index (χ4v) is 1.74. The lowest BCUT2D eigenvalue weighted by Gasteiger charge is -2.02. The number of nitrogens with one attached hydrogen (secondary N) is 2. The molecule has 0 unspecified atom stereocenters. The largest absolute Gasteiger partial charge is 0.345 e. The van der Waals surface area contributed by atoms with Crippen molar-refractivity contribution in [1.29, 1.82) is 0 Å². The van der Waals surface area contributed by atoms with Crippen LogP contribution >= 0.6 is 11.3 Å². The number of carbonyl (C=O) groups is 1. The molecule has 0 saturated heterocycles. The molecule has 8 heteroatoms. The lowest BCUT2D eigenvalue weighted by molar-refractivity contribution is -0.380. The van der Waals surface area contributed by atoms with E-state index in [-0.39, 0.29) is 16.2 Å². The molecule has 0 atom stereocenters. The summed E-state index contributed by atoms with van der Waals surface area (Å²) in [6, 6.07) is -0.365. The minimum atomic E-state index is -0.537. The molecule has 1 fully saturated rings. The zero-order chi connectivity index (χ0) is 11.5. The molecule has 2 rings (SSSR count). The van der Waals surface area contributed by atoms with Gasteiger partial charge in [-0.2, -0.15) is 0 Å². The van der Waals surface area contributed by atoms with Gasteiger partial charge in [0.1, 0.15) is 6.20 Å². The number of urea groups is 1. The first kappa shape index (κ1) is 10.8. The van der Waals surface area contributed by atoms with Crippen molar-refractivity contribution in [2.24, 2.45) is 5.92 Å². The molecule has 1 aromatic heterocycles. The van der Waals surface area contributed by atoms with E-state index in [1.54, 1.807) is 0 Å². The van der Waals surface area contributed by atoms with Crippen molar-refractivity contribution in [1.82, 2.24) is 10.3 Å². The quantitative estimate of drug-likeness (QED) is 0.618. The zero-order valence-electron chi connectivity index (χ0n) is 8.30. The number of hydrogen-bond donors (Lipinski definition) is 2. The number of thiazole rings is 1. The van der Waals surface area contributed by atoms with E-state index in [1.807, 2.05) is 0 Å². The van der Waals surface area contributed by atoms with Crippen LogP contribution < -0.4 is 10.6 Å². The molecule has 0 aromatic carbocycles. The average molecular weight is 242 g/mol. The summed E-state index contributed by atoms with van der Waals surface area (Å²) in [6.07, 6.45) is 3.44. The summed E-state index contributed by atoms with van der Waals surface area (Å²) in [6.45, 7) is 0.652. The topological polar surface area (TPSA) is 97.2 Å². The molecule has 86 valence electrons. The summed E-state index contributed by atoms with van der Waals surface area (Å²) in [5.74, 6) is 0.594. The number of nitrogens with zero attached hydrogens (tertiary/aromatic N) is 2. The maximum atomic E-state index is 11.3. The summed E-state index contributed by atoms with van der Waals surface area (Å²) in [4.78, 5) is 24.9. The summed E-state index contributed by atoms with van der Waals surface area (Å²) >= 11 is 0.837. The monoisotopic (exact) mass is 242 g/mol. The molecule has 16 heavy (non-hydrogen) atoms. The maximum Gasteiger partial charge on any atom is 0.345 e. The van der Waals surface area contributed by atoms with E-state index < -0.39 is 4.92 Å². The van der Waals surface area contributed by atoms with Gasteiger partial charge in [-0.3, -0.25) is 15.4 Å². The Morgan fingerprint density at radius 1 is 1.69 bits per heavy atom. The smallest absolute Gasteiger partial charge is 0.338 e. The Labute approximate surface area is 95.0 Å². The number of nitro groups is 1. The van der Waals surface area contributed by atoms with Crippen LogP contribution in [0.2, 0.25) is 0 Å². The van der Waals surface area contributed by atoms with Gasteiger partial charge in [-0.05, 0) is 30.1 Å². The van der Waals surface area contributed by atoms with Gasteiger partial charge in [0.25, 0.3) is 0 Å². The fraction of sp³-hybridized carbons (Fsp3) is 0.500. The van der Waals surface area contributed by atoms with Gasteiger partial charge in [0.15, 0.2) is 5.13 Å². The second kappa shape index (κ2) is 4.44. The third-order valence-corrected chi connectivity index (χ3v) is 3.01. The van der Waals surface area contributed by atoms with E-state index in [2.05, 4.69) is 15.6 Å². The Bertz CT molecular complexity index is 415. The lowest BCUT2D eigenvalue weighted by Crippen LogP contribution is -2.30. The van der Waals surface area contributed by atoms with Crippen LogP contribution in [0.1, 0.15) is 12.8 Å². The van der Waals surface area contributed by atoms with Gasteiger partial charge in [-0.1, -0.05) is 0 Å². The highest BCUT2D eigenvalue weighted by molar-refractivity contribution is 7.18. The summed E-state index contributed by atoms with van der Waals surface area (Å²) in [5.41, 5.74) is 0. The molecular weight excluding hydrogens is 232 g/mol. The third kappa shape index (κ3) is 2.89. The van der Waals surface area contributed by atoms with E-state index in [1.165, 1.54) is 0 Å². The molecule has 2 amide bonds. The van der Waals surface area contributed by atoms with Crippen molar-refractivity contribution in [2.75, 3.05) is 11.9 Å². The predicted octanol–water partition coefficient (Wildman–Crippen LogP) is 1.58. The van der Waals surface area contributed by atoms with Gasteiger partial charge in [0.2, 0.25) is 0 Å². The van der Waals surface area contributed by atoms with Gasteiger partial charge in [-0.15, -0.1) is 0 Å². The number of hydrogen-bond acceptors (Lipinski definition) is 5. The maximum absolute atomic E-state index is 11.3. The fourth-order valence-electron chi connectivity index (χ4n) is 1.11. The summed E-state index contributed by atoms with van der Waals surface area (Å²) in [7, 11) is 0. The van der Waals surface area contributed by atoms with E-state index in [9.17, 15) is 14.9 Å². The highest BCUT2D eigenvalue weighted by Gasteiger charge is 2.22. The molecule has 0 bridgehead atoms. The van der Waals surface area contributed by atoms with Crippen LogP contribution in [0.25, 0.3) is 0 Å². The molecule has 0 aliphatic heterocycles. The SMILES string of the molecule is O=C(NCC1CC1)Nc1ncc([N+](=O)[O-])s1. The van der Waals surface area contributed by atoms with E-state index in [4.69, 9.17) is 0 Å². The Morgan fingerprint density at radius 3 is 3.00 bits per heavy atom. The molecule has 0 radical (unpaired) electrons. The molecule has 1 saturated carbocycles. The normalized spacial score (nSPS) is 14.5. The van der Waals surface area contributed by atoms with Crippen LogP contribution in [0, 0.1) is 16.0 Å². The highest BCUT2D eigenvalue weighted by atomic mass is 32.1. The third-order valence-electron chi connectivity index (χ3n) is 2.14. The minimum absolute atomic E-state index is 0.0857. The van der Waals surface area contributed by atoms with Crippen molar-refractivity contribution in [2.45, 2.75) is 12.8 Å². The van der Waals surface area contributed by atoms with Crippen molar-refractivity contribution < 1.29 is 9.72 Å². The second-order valence-corrected chi connectivity index (χ2v) is 4.55. The van der Waals surface area contributed by atoms with Crippen molar-refractivity contribution in [3.8, 4) is 0 Å². The van der Waals surface area contributed by atoms with Gasteiger partial charge in [0, 0.05) is 6.54 Å². The zero-order valence-corrected chi connectivity index (χ0v) is 9.12. The number of amides is 2. The van der Waals surface area contributed by atoms with E-state index >= 15 is 0 Å². The van der Waals surface area contributed by atoms with Gasteiger partial charge in [0.05, 0.1) is 4.92 Å². The first-order valence-corrected chi connectivity index (χ1v) is 5.62. The van der Waals surface area contributed by atoms with E-state index in [0.717, 1.165) is 30.4 Å². The number of anilines is 1. The van der Waals surface area contributed by atoms with Crippen LogP contribution in [-0.4, -0.2) is 22.5 Å². The first-order chi connectivity index (χ1) is 7.65. The van der Waals surface area contributed by atoms with E-state index in [0.29, 0.717) is 12.5 Å². The minimum Gasteiger partial charge on any atom is -0.338 e. The standard InChI is InChI=1S/C8H10N4O3S/c13-7(9-3-5-1-2-5)11-8-10-4-6(16-8)12(14)15/h4-5H,1-3H2,(H2,9,10,11,13). The van der Waals surface area contributed by atoms with Crippen LogP contribution in [-0.2, 0) is 0 Å². The van der Waals surface area contributed by atoms with Crippen LogP contribution in [0.4, 0.5) is 14.9 Å². The first-order valence-electron chi connectivity index (χ1n) is 4.80. The Kier molecular flexibility index (Phi) is 3.00. The Hall–Kier alpha value is -1.70. The molecule has 1 aliphatic rings. The van der Waals surface area contributed by atoms with Gasteiger partial charge in [-0.25, -0.2) is 9.78 Å². The van der Waals surface area contributed by atoms with Crippen molar-refractivity contribution >= 4 is 27.5 Å². The van der Waals surface area contributed by atoms with Crippen LogP contribution in [0.3, 0.4) is 0 Å². The average Bonchev–Trinajstić information content (AvgIpc) is 2.95. The predicted molar refractivity (Wildman–Crippen MR) is 58.5 cm³/mol. The Balaban J connectivity index is 1.82. The van der Waals surface area contributed by atoms with Gasteiger partial charge >= 0.3 is 11.0 Å². The van der Waals surface area contributed by atoms with Crippen molar-refractivity contribution in [3.05, 3.63) is 16.3 Å².